The Kier molecular flexibility index (Phi) is 10.2. The first-order chi connectivity index (χ1) is 24.2. The number of likely N-dealkylation sites (tertiary alicyclic amines) is 2. The van der Waals surface area contributed by atoms with Gasteiger partial charge in [-0.15, -0.1) is 0 Å². The number of aromatic amines is 2. The van der Waals surface area contributed by atoms with Crippen molar-refractivity contribution in [1.29, 1.82) is 0 Å². The summed E-state index contributed by atoms with van der Waals surface area (Å²) in [4.78, 5) is 69.4. The number of imidazole rings is 2. The fourth-order valence-corrected chi connectivity index (χ4v) is 7.21. The predicted molar refractivity (Wildman–Crippen MR) is 185 cm³/mol. The van der Waals surface area contributed by atoms with E-state index >= 15 is 0 Å². The van der Waals surface area contributed by atoms with Gasteiger partial charge < -0.3 is 40.6 Å². The first kappa shape index (κ1) is 34.2. The van der Waals surface area contributed by atoms with Crippen LogP contribution in [0.1, 0.15) is 76.1 Å². The zero-order chi connectivity index (χ0) is 35.4. The number of nitrogens with zero attached hydrogens (tertiary/aromatic N) is 4. The summed E-state index contributed by atoms with van der Waals surface area (Å²) in [6.45, 7) is 4.57. The van der Waals surface area contributed by atoms with E-state index in [-0.39, 0.29) is 23.9 Å². The Morgan fingerprint density at radius 1 is 0.740 bits per heavy atom. The highest BCUT2D eigenvalue weighted by atomic mass is 16.4. The van der Waals surface area contributed by atoms with Crippen molar-refractivity contribution in [2.24, 2.45) is 0 Å². The molecular weight excluding hydrogens is 640 g/mol. The molecule has 4 amide bonds. The molecule has 14 heteroatoms. The molecule has 0 bridgehead atoms. The highest BCUT2D eigenvalue weighted by Gasteiger charge is 2.37. The molecule has 6 N–H and O–H groups in total. The first-order valence-electron chi connectivity index (χ1n) is 17.1. The molecule has 0 radical (unpaired) electrons. The van der Waals surface area contributed by atoms with E-state index in [9.17, 15) is 29.4 Å². The second kappa shape index (κ2) is 14.8. The standard InChI is InChI=1S/C36H42N8O6/c1-3-24(41-35(47)48)33(45)43-17-9-15-28(43)31-37-19-26(39-31)23-14-8-13-22(21-11-6-5-7-12-21)30(23)27-20-38-32(40-27)29-16-10-18-44(29)34(46)25(4-2)42-36(49)50/h5-8,11-14,19-20,24-25,28-29,41-42H,3-4,9-10,15-18H2,1-2H3,(H,37,39)(H,38,40)(H,47,48)(H,49,50)/t24-,25-,28-,29-/m0/s1. The van der Waals surface area contributed by atoms with Crippen LogP contribution in [0.15, 0.2) is 60.9 Å². The van der Waals surface area contributed by atoms with E-state index < -0.39 is 24.3 Å². The van der Waals surface area contributed by atoms with Gasteiger partial charge in [-0.3, -0.25) is 9.59 Å². The first-order valence-corrected chi connectivity index (χ1v) is 17.1. The van der Waals surface area contributed by atoms with Crippen molar-refractivity contribution in [3.63, 3.8) is 0 Å². The summed E-state index contributed by atoms with van der Waals surface area (Å²) < 4.78 is 0. The SMILES string of the molecule is CC[C@H](NC(=O)O)C(=O)N1CCC[C@H]1c1ncc(-c2cccc(-c3ccccc3)c2-c2cnc([C@@H]3CCCN3C(=O)[C@H](CC)NC(=O)O)[nH]2)[nH]1. The Hall–Kier alpha value is -5.66. The second-order valence-electron chi connectivity index (χ2n) is 12.7. The van der Waals surface area contributed by atoms with Crippen LogP contribution >= 0.6 is 0 Å². The zero-order valence-corrected chi connectivity index (χ0v) is 28.1. The van der Waals surface area contributed by atoms with Gasteiger partial charge in [0.15, 0.2) is 0 Å². The fourth-order valence-electron chi connectivity index (χ4n) is 7.21. The molecule has 0 aliphatic carbocycles. The average Bonchev–Trinajstić information content (AvgIpc) is 3.95. The number of carboxylic acid groups (broad SMARTS) is 2. The van der Waals surface area contributed by atoms with E-state index in [1.54, 1.807) is 36.0 Å². The third kappa shape index (κ3) is 6.91. The van der Waals surface area contributed by atoms with Crippen LogP contribution < -0.4 is 10.6 Å². The maximum atomic E-state index is 13.4. The van der Waals surface area contributed by atoms with Crippen molar-refractivity contribution in [3.8, 4) is 33.6 Å². The molecule has 2 saturated heterocycles. The van der Waals surface area contributed by atoms with Crippen LogP contribution in [0.5, 0.6) is 0 Å². The number of carbonyl (C=O) groups is 4. The molecule has 4 atom stereocenters. The van der Waals surface area contributed by atoms with Gasteiger partial charge in [0, 0.05) is 24.2 Å². The summed E-state index contributed by atoms with van der Waals surface area (Å²) in [7, 11) is 0. The van der Waals surface area contributed by atoms with Gasteiger partial charge >= 0.3 is 12.2 Å². The van der Waals surface area contributed by atoms with Crippen LogP contribution in [0, 0.1) is 0 Å². The van der Waals surface area contributed by atoms with Crippen molar-refractivity contribution in [2.75, 3.05) is 13.1 Å². The molecule has 4 aromatic rings. The molecule has 2 aromatic heterocycles. The van der Waals surface area contributed by atoms with E-state index in [1.165, 1.54) is 0 Å². The van der Waals surface area contributed by atoms with Crippen LogP contribution in [0.2, 0.25) is 0 Å². The maximum absolute atomic E-state index is 13.4. The summed E-state index contributed by atoms with van der Waals surface area (Å²) >= 11 is 0. The topological polar surface area (TPSA) is 197 Å². The highest BCUT2D eigenvalue weighted by molar-refractivity contribution is 5.92. The highest BCUT2D eigenvalue weighted by Crippen LogP contribution is 2.41. The fraction of sp³-hybridized carbons (Fsp3) is 0.389. The zero-order valence-electron chi connectivity index (χ0n) is 28.1. The van der Waals surface area contributed by atoms with Crippen molar-refractivity contribution in [2.45, 2.75) is 76.5 Å². The van der Waals surface area contributed by atoms with E-state index in [0.29, 0.717) is 50.4 Å². The minimum Gasteiger partial charge on any atom is -0.465 e. The Bertz CT molecular complexity index is 1860. The largest absolute Gasteiger partial charge is 0.465 e. The van der Waals surface area contributed by atoms with E-state index in [4.69, 9.17) is 9.97 Å². The summed E-state index contributed by atoms with van der Waals surface area (Å²) in [5, 5.41) is 23.2. The van der Waals surface area contributed by atoms with Gasteiger partial charge in [-0.05, 0) is 49.7 Å². The number of hydrogen-bond donors (Lipinski definition) is 6. The van der Waals surface area contributed by atoms with Gasteiger partial charge in [0.25, 0.3) is 0 Å². The van der Waals surface area contributed by atoms with Gasteiger partial charge in [-0.2, -0.15) is 0 Å². The average molecular weight is 683 g/mol. The van der Waals surface area contributed by atoms with E-state index in [1.807, 2.05) is 48.5 Å². The van der Waals surface area contributed by atoms with Crippen LogP contribution in [0.25, 0.3) is 33.6 Å². The minimum absolute atomic E-state index is 0.268. The molecule has 262 valence electrons. The van der Waals surface area contributed by atoms with Gasteiger partial charge in [0.2, 0.25) is 11.8 Å². The van der Waals surface area contributed by atoms with Crippen LogP contribution in [-0.4, -0.2) is 89.1 Å². The van der Waals surface area contributed by atoms with Gasteiger partial charge in [-0.1, -0.05) is 62.4 Å². The van der Waals surface area contributed by atoms with Gasteiger partial charge in [0.1, 0.15) is 23.7 Å². The summed E-state index contributed by atoms with van der Waals surface area (Å²) in [5.74, 6) is 0.707. The number of carbonyl (C=O) groups excluding carboxylic acids is 2. The van der Waals surface area contributed by atoms with Gasteiger partial charge in [0.05, 0.1) is 35.9 Å². The lowest BCUT2D eigenvalue weighted by Gasteiger charge is -2.27. The molecule has 2 aliphatic rings. The Morgan fingerprint density at radius 2 is 1.24 bits per heavy atom. The molecule has 50 heavy (non-hydrogen) atoms. The lowest BCUT2D eigenvalue weighted by atomic mass is 9.92. The van der Waals surface area contributed by atoms with Crippen molar-refractivity contribution in [3.05, 3.63) is 72.6 Å². The Labute approximate surface area is 289 Å². The van der Waals surface area contributed by atoms with E-state index in [2.05, 4.69) is 20.6 Å². The second-order valence-corrected chi connectivity index (χ2v) is 12.7. The molecule has 0 saturated carbocycles. The molecule has 0 unspecified atom stereocenters. The number of benzene rings is 2. The molecule has 14 nitrogen and oxygen atoms in total. The molecule has 2 aliphatic heterocycles. The van der Waals surface area contributed by atoms with Crippen LogP contribution in [-0.2, 0) is 9.59 Å². The quantitative estimate of drug-likeness (QED) is 0.118. The summed E-state index contributed by atoms with van der Waals surface area (Å²) in [5.41, 5.74) is 5.15. The number of hydrogen-bond acceptors (Lipinski definition) is 6. The molecule has 0 spiro atoms. The summed E-state index contributed by atoms with van der Waals surface area (Å²) in [6.07, 6.45) is 4.65. The molecule has 2 aromatic carbocycles. The monoisotopic (exact) mass is 682 g/mol. The molecular formula is C36H42N8O6. The normalized spacial score (nSPS) is 18.5. The van der Waals surface area contributed by atoms with Crippen molar-refractivity contribution < 1.29 is 29.4 Å². The number of amides is 4. The Morgan fingerprint density at radius 3 is 1.76 bits per heavy atom. The van der Waals surface area contributed by atoms with Crippen molar-refractivity contribution >= 4 is 24.0 Å². The number of nitrogens with one attached hydrogen (secondary N) is 4. The summed E-state index contributed by atoms with van der Waals surface area (Å²) in [6, 6.07) is 13.7. The third-order valence-electron chi connectivity index (χ3n) is 9.61. The maximum Gasteiger partial charge on any atom is 0.405 e. The number of aromatic nitrogens is 4. The predicted octanol–water partition coefficient (Wildman–Crippen LogP) is 5.55. The molecule has 6 rings (SSSR count). The molecule has 2 fully saturated rings. The number of H-pyrrole nitrogens is 2. The lowest BCUT2D eigenvalue weighted by Crippen LogP contribution is -2.47. The lowest BCUT2D eigenvalue weighted by molar-refractivity contribution is -0.135. The van der Waals surface area contributed by atoms with Crippen LogP contribution in [0.4, 0.5) is 9.59 Å². The number of rotatable bonds is 11. The third-order valence-corrected chi connectivity index (χ3v) is 9.61. The minimum atomic E-state index is -1.24. The van der Waals surface area contributed by atoms with Crippen LogP contribution in [0.3, 0.4) is 0 Å². The van der Waals surface area contributed by atoms with Crippen molar-refractivity contribution in [1.82, 2.24) is 40.4 Å². The molecule has 4 heterocycles. The Balaban J connectivity index is 1.35. The van der Waals surface area contributed by atoms with E-state index in [0.717, 1.165) is 46.5 Å². The van der Waals surface area contributed by atoms with Gasteiger partial charge in [-0.25, -0.2) is 19.6 Å². The smallest absolute Gasteiger partial charge is 0.405 e.